The van der Waals surface area contributed by atoms with E-state index in [9.17, 15) is 9.59 Å². The number of carbonyl (C=O) groups excluding carboxylic acids is 2. The van der Waals surface area contributed by atoms with Crippen LogP contribution in [-0.4, -0.2) is 54.6 Å². The zero-order valence-electron chi connectivity index (χ0n) is 17.7. The van der Waals surface area contributed by atoms with Gasteiger partial charge < -0.3 is 25.1 Å². The quantitative estimate of drug-likeness (QED) is 0.446. The van der Waals surface area contributed by atoms with Crippen LogP contribution < -0.4 is 20.1 Å². The molecular formula is C22H26N4O4S. The molecule has 2 aromatic carbocycles. The highest BCUT2D eigenvalue weighted by atomic mass is 32.2. The van der Waals surface area contributed by atoms with Crippen LogP contribution in [0.25, 0.3) is 11.0 Å². The fourth-order valence-electron chi connectivity index (χ4n) is 3.10. The van der Waals surface area contributed by atoms with E-state index in [2.05, 4.69) is 20.6 Å². The molecule has 2 amide bonds. The largest absolute Gasteiger partial charge is 0.497 e. The molecule has 31 heavy (non-hydrogen) atoms. The van der Waals surface area contributed by atoms with E-state index in [1.165, 1.54) is 14.2 Å². The monoisotopic (exact) mass is 442 g/mol. The summed E-state index contributed by atoms with van der Waals surface area (Å²) in [5, 5.41) is 5.61. The van der Waals surface area contributed by atoms with Crippen LogP contribution in [0.1, 0.15) is 28.6 Å². The Morgan fingerprint density at radius 1 is 1.13 bits per heavy atom. The minimum Gasteiger partial charge on any atom is -0.497 e. The number of imidazole rings is 1. The Kier molecular flexibility index (Phi) is 7.77. The predicted octanol–water partition coefficient (Wildman–Crippen LogP) is 2.92. The number of ether oxygens (including phenoxy) is 2. The first-order valence-corrected chi connectivity index (χ1v) is 11.2. The average molecular weight is 443 g/mol. The summed E-state index contributed by atoms with van der Waals surface area (Å²) in [4.78, 5) is 33.0. The Hall–Kier alpha value is -3.20. The lowest BCUT2D eigenvalue weighted by Gasteiger charge is -2.16. The van der Waals surface area contributed by atoms with Crippen LogP contribution in [0.2, 0.25) is 0 Å². The van der Waals surface area contributed by atoms with E-state index in [0.717, 1.165) is 16.8 Å². The molecule has 0 aliphatic carbocycles. The summed E-state index contributed by atoms with van der Waals surface area (Å²) in [6.45, 7) is -0.158. The summed E-state index contributed by atoms with van der Waals surface area (Å²) < 4.78 is 10.4. The molecule has 0 bridgehead atoms. The van der Waals surface area contributed by atoms with Crippen molar-refractivity contribution >= 4 is 34.6 Å². The molecule has 1 aromatic heterocycles. The number of amides is 2. The number of hydrogen-bond donors (Lipinski definition) is 3. The minimum absolute atomic E-state index is 0.158. The second-order valence-corrected chi connectivity index (χ2v) is 7.81. The Morgan fingerprint density at radius 2 is 1.84 bits per heavy atom. The topological polar surface area (TPSA) is 105 Å². The van der Waals surface area contributed by atoms with Crippen LogP contribution in [0, 0.1) is 0 Å². The van der Waals surface area contributed by atoms with Gasteiger partial charge in [-0.1, -0.05) is 12.1 Å². The lowest BCUT2D eigenvalue weighted by atomic mass is 10.2. The van der Waals surface area contributed by atoms with Gasteiger partial charge in [0.05, 0.1) is 37.8 Å². The number of nitrogens with one attached hydrogen (secondary N) is 3. The van der Waals surface area contributed by atoms with Gasteiger partial charge in [-0.15, -0.1) is 0 Å². The van der Waals surface area contributed by atoms with Gasteiger partial charge in [0.15, 0.2) is 0 Å². The molecule has 9 heteroatoms. The van der Waals surface area contributed by atoms with Crippen molar-refractivity contribution in [3.63, 3.8) is 0 Å². The second kappa shape index (κ2) is 10.7. The first kappa shape index (κ1) is 22.5. The second-order valence-electron chi connectivity index (χ2n) is 6.82. The molecule has 164 valence electrons. The molecule has 0 spiro atoms. The van der Waals surface area contributed by atoms with Crippen molar-refractivity contribution in [1.82, 2.24) is 20.6 Å². The Labute approximate surface area is 185 Å². The van der Waals surface area contributed by atoms with Crippen LogP contribution in [0.3, 0.4) is 0 Å². The van der Waals surface area contributed by atoms with Gasteiger partial charge in [0.1, 0.15) is 17.3 Å². The Morgan fingerprint density at radius 3 is 2.48 bits per heavy atom. The zero-order valence-corrected chi connectivity index (χ0v) is 18.5. The van der Waals surface area contributed by atoms with Crippen molar-refractivity contribution in [3.05, 3.63) is 53.9 Å². The molecule has 0 unspecified atom stereocenters. The average Bonchev–Trinajstić information content (AvgIpc) is 3.23. The van der Waals surface area contributed by atoms with E-state index >= 15 is 0 Å². The number of benzene rings is 2. The molecule has 8 nitrogen and oxygen atoms in total. The lowest BCUT2D eigenvalue weighted by molar-refractivity contribution is -0.120. The number of nitrogens with zero attached hydrogens (tertiary/aromatic N) is 1. The molecule has 3 rings (SSSR count). The maximum Gasteiger partial charge on any atom is 0.251 e. The van der Waals surface area contributed by atoms with Crippen molar-refractivity contribution < 1.29 is 19.1 Å². The number of thioether (sulfide) groups is 1. The van der Waals surface area contributed by atoms with E-state index < -0.39 is 5.91 Å². The maximum atomic E-state index is 12.6. The van der Waals surface area contributed by atoms with Gasteiger partial charge >= 0.3 is 0 Å². The van der Waals surface area contributed by atoms with Crippen molar-refractivity contribution in [3.8, 4) is 11.5 Å². The number of methoxy groups -OCH3 is 2. The normalized spacial score (nSPS) is 11.7. The lowest BCUT2D eigenvalue weighted by Crippen LogP contribution is -2.39. The third-order valence-electron chi connectivity index (χ3n) is 4.71. The maximum absolute atomic E-state index is 12.6. The number of aromatic amines is 1. The summed E-state index contributed by atoms with van der Waals surface area (Å²) in [5.41, 5.74) is 2.11. The highest BCUT2D eigenvalue weighted by Gasteiger charge is 2.19. The van der Waals surface area contributed by atoms with Crippen molar-refractivity contribution in [2.24, 2.45) is 0 Å². The number of para-hydroxylation sites is 2. The summed E-state index contributed by atoms with van der Waals surface area (Å²) >= 11 is 1.69. The Balaban J connectivity index is 1.65. The molecule has 0 aliphatic rings. The number of rotatable bonds is 10. The summed E-state index contributed by atoms with van der Waals surface area (Å²) in [6, 6.07) is 12.3. The summed E-state index contributed by atoms with van der Waals surface area (Å²) in [7, 11) is 3.02. The molecule has 0 saturated carbocycles. The smallest absolute Gasteiger partial charge is 0.251 e. The van der Waals surface area contributed by atoms with Crippen molar-refractivity contribution in [2.45, 2.75) is 12.5 Å². The van der Waals surface area contributed by atoms with Gasteiger partial charge in [0, 0.05) is 11.6 Å². The van der Waals surface area contributed by atoms with Gasteiger partial charge in [0.2, 0.25) is 5.91 Å². The van der Waals surface area contributed by atoms with E-state index in [-0.39, 0.29) is 18.5 Å². The molecule has 3 aromatic rings. The molecule has 1 heterocycles. The van der Waals surface area contributed by atoms with Crippen LogP contribution in [0.5, 0.6) is 11.5 Å². The van der Waals surface area contributed by atoms with Crippen LogP contribution in [-0.2, 0) is 4.79 Å². The minimum atomic E-state index is -0.392. The molecule has 3 N–H and O–H groups in total. The fourth-order valence-corrected chi connectivity index (χ4v) is 3.57. The summed E-state index contributed by atoms with van der Waals surface area (Å²) in [6.07, 6.45) is 2.73. The third kappa shape index (κ3) is 5.91. The predicted molar refractivity (Wildman–Crippen MR) is 122 cm³/mol. The molecule has 0 aliphatic heterocycles. The Bertz CT molecular complexity index is 998. The van der Waals surface area contributed by atoms with Crippen LogP contribution in [0.15, 0.2) is 42.5 Å². The van der Waals surface area contributed by atoms with E-state index in [4.69, 9.17) is 9.47 Å². The number of H-pyrrole nitrogens is 1. The fraction of sp³-hybridized carbons (Fsp3) is 0.318. The number of fused-ring (bicyclic) bond motifs is 1. The standard InChI is InChI=1S/C22H26N4O4S/c1-29-15-10-14(11-16(12-15)30-2)22(28)23-13-20(27)24-19(8-9-31-3)21-25-17-6-4-5-7-18(17)26-21/h4-7,10-12,19H,8-9,13H2,1-3H3,(H,23,28)(H,24,27)(H,25,26)/t19-/m1/s1. The van der Waals surface area contributed by atoms with Crippen molar-refractivity contribution in [2.75, 3.05) is 32.8 Å². The zero-order chi connectivity index (χ0) is 22.2. The van der Waals surface area contributed by atoms with Crippen molar-refractivity contribution in [1.29, 1.82) is 0 Å². The highest BCUT2D eigenvalue weighted by Crippen LogP contribution is 2.22. The third-order valence-corrected chi connectivity index (χ3v) is 5.35. The number of carbonyl (C=O) groups is 2. The first-order valence-electron chi connectivity index (χ1n) is 9.78. The highest BCUT2D eigenvalue weighted by molar-refractivity contribution is 7.98. The molecule has 0 radical (unpaired) electrons. The SMILES string of the molecule is COc1cc(OC)cc(C(=O)NCC(=O)N[C@H](CCSC)c2nc3ccccc3[nH]2)c1. The first-order chi connectivity index (χ1) is 15.0. The molecule has 1 atom stereocenters. The number of aromatic nitrogens is 2. The van der Waals surface area contributed by atoms with Crippen LogP contribution >= 0.6 is 11.8 Å². The molecule has 0 fully saturated rings. The molecular weight excluding hydrogens is 416 g/mol. The number of hydrogen-bond acceptors (Lipinski definition) is 6. The van der Waals surface area contributed by atoms with E-state index in [1.807, 2.05) is 30.5 Å². The van der Waals surface area contributed by atoms with E-state index in [1.54, 1.807) is 30.0 Å². The summed E-state index contributed by atoms with van der Waals surface area (Å²) in [5.74, 6) is 1.86. The van der Waals surface area contributed by atoms with Gasteiger partial charge in [-0.25, -0.2) is 4.98 Å². The van der Waals surface area contributed by atoms with Gasteiger partial charge in [-0.2, -0.15) is 11.8 Å². The van der Waals surface area contributed by atoms with Crippen LogP contribution in [0.4, 0.5) is 0 Å². The van der Waals surface area contributed by atoms with Gasteiger partial charge in [-0.3, -0.25) is 9.59 Å². The van der Waals surface area contributed by atoms with Gasteiger partial charge in [-0.05, 0) is 42.7 Å². The molecule has 0 saturated heterocycles. The van der Waals surface area contributed by atoms with Gasteiger partial charge in [0.25, 0.3) is 5.91 Å². The van der Waals surface area contributed by atoms with E-state index in [0.29, 0.717) is 29.3 Å².